The summed E-state index contributed by atoms with van der Waals surface area (Å²) in [7, 11) is -4.15. The molecule has 0 fully saturated rings. The second-order valence-corrected chi connectivity index (χ2v) is 10.9. The van der Waals surface area contributed by atoms with Crippen molar-refractivity contribution in [2.24, 2.45) is 5.92 Å². The van der Waals surface area contributed by atoms with E-state index >= 15 is 0 Å². The van der Waals surface area contributed by atoms with Crippen molar-refractivity contribution in [2.45, 2.75) is 129 Å². The van der Waals surface area contributed by atoms with Gasteiger partial charge in [-0.25, -0.2) is 0 Å². The molecular formula is C26H46O3S. The highest BCUT2D eigenvalue weighted by atomic mass is 32.2. The molecule has 0 heterocycles. The number of unbranched alkanes of at least 4 members (excludes halogenated alkanes) is 12. The highest BCUT2D eigenvalue weighted by Crippen LogP contribution is 2.25. The summed E-state index contributed by atoms with van der Waals surface area (Å²) < 4.78 is 32.8. The summed E-state index contributed by atoms with van der Waals surface area (Å²) in [6.07, 6.45) is 19.1. The average Bonchev–Trinajstić information content (AvgIpc) is 2.66. The van der Waals surface area contributed by atoms with Gasteiger partial charge in [0.05, 0.1) is 4.90 Å². The van der Waals surface area contributed by atoms with Crippen molar-refractivity contribution in [3.63, 3.8) is 0 Å². The van der Waals surface area contributed by atoms with Gasteiger partial charge in [0, 0.05) is 0 Å². The Labute approximate surface area is 186 Å². The topological polar surface area (TPSA) is 54.4 Å². The maximum absolute atomic E-state index is 11.6. The molecule has 0 amide bonds. The minimum Gasteiger partial charge on any atom is -0.282 e. The van der Waals surface area contributed by atoms with Crippen LogP contribution < -0.4 is 0 Å². The van der Waals surface area contributed by atoms with Crippen LogP contribution >= 0.6 is 0 Å². The molecule has 0 unspecified atom stereocenters. The molecule has 1 aromatic rings. The van der Waals surface area contributed by atoms with E-state index in [1.807, 2.05) is 13.8 Å². The Balaban J connectivity index is 2.07. The van der Waals surface area contributed by atoms with E-state index in [1.165, 1.54) is 77.0 Å². The number of benzene rings is 1. The van der Waals surface area contributed by atoms with Crippen molar-refractivity contribution in [2.75, 3.05) is 0 Å². The van der Waals surface area contributed by atoms with Gasteiger partial charge < -0.3 is 0 Å². The quantitative estimate of drug-likeness (QED) is 0.197. The van der Waals surface area contributed by atoms with Crippen molar-refractivity contribution in [3.8, 4) is 0 Å². The lowest BCUT2D eigenvalue weighted by molar-refractivity contribution is 0.481. The minimum absolute atomic E-state index is 0.0884. The smallest absolute Gasteiger partial charge is 0.282 e. The summed E-state index contributed by atoms with van der Waals surface area (Å²) >= 11 is 0. The summed E-state index contributed by atoms with van der Waals surface area (Å²) in [5, 5.41) is 0. The molecule has 0 saturated carbocycles. The first-order valence-electron chi connectivity index (χ1n) is 12.3. The van der Waals surface area contributed by atoms with Gasteiger partial charge in [0.25, 0.3) is 10.1 Å². The molecule has 0 aliphatic heterocycles. The Morgan fingerprint density at radius 3 is 1.60 bits per heavy atom. The third-order valence-corrected chi connectivity index (χ3v) is 7.25. The van der Waals surface area contributed by atoms with E-state index in [-0.39, 0.29) is 4.90 Å². The highest BCUT2D eigenvalue weighted by molar-refractivity contribution is 7.85. The molecule has 1 rings (SSSR count). The zero-order valence-corrected chi connectivity index (χ0v) is 20.8. The Bertz CT molecular complexity index is 692. The molecule has 0 spiro atoms. The summed E-state index contributed by atoms with van der Waals surface area (Å²) in [4.78, 5) is 0.0884. The lowest BCUT2D eigenvalue weighted by atomic mass is 9.97. The molecule has 1 aromatic carbocycles. The maximum atomic E-state index is 11.6. The van der Waals surface area contributed by atoms with E-state index < -0.39 is 10.1 Å². The van der Waals surface area contributed by atoms with Crippen LogP contribution in [0.15, 0.2) is 17.0 Å². The van der Waals surface area contributed by atoms with E-state index in [0.29, 0.717) is 0 Å². The van der Waals surface area contributed by atoms with Gasteiger partial charge in [-0.05, 0) is 55.4 Å². The van der Waals surface area contributed by atoms with Crippen molar-refractivity contribution in [1.82, 2.24) is 0 Å². The number of rotatable bonds is 17. The van der Waals surface area contributed by atoms with E-state index in [9.17, 15) is 13.0 Å². The van der Waals surface area contributed by atoms with E-state index in [0.717, 1.165) is 41.9 Å². The van der Waals surface area contributed by atoms with Crippen molar-refractivity contribution in [1.29, 1.82) is 0 Å². The standard InChI is InChI=1S/C26H46O3S/c1-22(2)18-16-14-12-10-8-6-5-7-9-11-13-15-17-19-25-24(4)23(3)20-21-26(25)30(27,28)29/h20-22H,5-19H2,1-4H3,(H,27,28,29). The maximum Gasteiger partial charge on any atom is 0.294 e. The summed E-state index contributed by atoms with van der Waals surface area (Å²) in [6.45, 7) is 8.56. The van der Waals surface area contributed by atoms with Gasteiger partial charge in [-0.2, -0.15) is 8.42 Å². The average molecular weight is 439 g/mol. The van der Waals surface area contributed by atoms with Crippen molar-refractivity contribution >= 4 is 10.1 Å². The summed E-state index contributed by atoms with van der Waals surface area (Å²) in [6, 6.07) is 3.31. The van der Waals surface area contributed by atoms with Gasteiger partial charge in [0.15, 0.2) is 0 Å². The van der Waals surface area contributed by atoms with Crippen molar-refractivity contribution in [3.05, 3.63) is 28.8 Å². The second kappa shape index (κ2) is 15.0. The molecule has 0 atom stereocenters. The molecule has 4 heteroatoms. The molecule has 174 valence electrons. The molecule has 30 heavy (non-hydrogen) atoms. The van der Waals surface area contributed by atoms with Crippen LogP contribution in [0.25, 0.3) is 0 Å². The third-order valence-electron chi connectivity index (χ3n) is 6.31. The van der Waals surface area contributed by atoms with Crippen LogP contribution in [0, 0.1) is 19.8 Å². The Morgan fingerprint density at radius 1 is 0.733 bits per heavy atom. The van der Waals surface area contributed by atoms with Crippen LogP contribution in [0.5, 0.6) is 0 Å². The molecular weight excluding hydrogens is 392 g/mol. The largest absolute Gasteiger partial charge is 0.294 e. The van der Waals surface area contributed by atoms with Crippen LogP contribution in [-0.2, 0) is 16.5 Å². The first kappa shape index (κ1) is 27.2. The zero-order valence-electron chi connectivity index (χ0n) is 20.0. The number of aryl methyl sites for hydroxylation is 1. The Kier molecular flexibility index (Phi) is 13.6. The highest BCUT2D eigenvalue weighted by Gasteiger charge is 2.17. The lowest BCUT2D eigenvalue weighted by Gasteiger charge is -2.13. The molecule has 3 nitrogen and oxygen atoms in total. The Hall–Kier alpha value is -0.870. The summed E-state index contributed by atoms with van der Waals surface area (Å²) in [5.41, 5.74) is 2.86. The van der Waals surface area contributed by atoms with Gasteiger partial charge in [0.2, 0.25) is 0 Å². The monoisotopic (exact) mass is 438 g/mol. The van der Waals surface area contributed by atoms with Crippen LogP contribution in [0.3, 0.4) is 0 Å². The first-order chi connectivity index (χ1) is 14.2. The van der Waals surface area contributed by atoms with Crippen molar-refractivity contribution < 1.29 is 13.0 Å². The third kappa shape index (κ3) is 11.5. The van der Waals surface area contributed by atoms with E-state index in [2.05, 4.69) is 13.8 Å². The zero-order chi connectivity index (χ0) is 22.4. The lowest BCUT2D eigenvalue weighted by Crippen LogP contribution is -2.06. The van der Waals surface area contributed by atoms with Crippen LogP contribution in [0.2, 0.25) is 0 Å². The second-order valence-electron chi connectivity index (χ2n) is 9.49. The summed E-state index contributed by atoms with van der Waals surface area (Å²) in [5.74, 6) is 0.853. The molecule has 0 aliphatic rings. The molecule has 0 radical (unpaired) electrons. The Morgan fingerprint density at radius 2 is 1.17 bits per heavy atom. The minimum atomic E-state index is -4.15. The molecule has 1 N–H and O–H groups in total. The van der Waals surface area contributed by atoms with Crippen LogP contribution in [-0.4, -0.2) is 13.0 Å². The fraction of sp³-hybridized carbons (Fsp3) is 0.769. The van der Waals surface area contributed by atoms with Gasteiger partial charge in [-0.15, -0.1) is 0 Å². The molecule has 0 bridgehead atoms. The predicted molar refractivity (Wildman–Crippen MR) is 129 cm³/mol. The van der Waals surface area contributed by atoms with Crippen LogP contribution in [0.4, 0.5) is 0 Å². The molecule has 0 aliphatic carbocycles. The predicted octanol–water partition coefficient (Wildman–Crippen LogP) is 8.21. The molecule has 0 aromatic heterocycles. The van der Waals surface area contributed by atoms with Gasteiger partial charge in [-0.1, -0.05) is 103 Å². The van der Waals surface area contributed by atoms with Gasteiger partial charge in [0.1, 0.15) is 0 Å². The van der Waals surface area contributed by atoms with E-state index in [1.54, 1.807) is 12.1 Å². The fourth-order valence-electron chi connectivity index (χ4n) is 4.20. The normalized spacial score (nSPS) is 12.1. The number of hydrogen-bond acceptors (Lipinski definition) is 2. The fourth-order valence-corrected chi connectivity index (χ4v) is 5.01. The SMILES string of the molecule is Cc1ccc(S(=O)(=O)O)c(CCCCCCCCCCCCCCCC(C)C)c1C. The molecule has 0 saturated heterocycles. The van der Waals surface area contributed by atoms with Gasteiger partial charge in [-0.3, -0.25) is 4.55 Å². The van der Waals surface area contributed by atoms with Gasteiger partial charge >= 0.3 is 0 Å². The first-order valence-corrected chi connectivity index (χ1v) is 13.7. The van der Waals surface area contributed by atoms with E-state index in [4.69, 9.17) is 0 Å². The number of hydrogen-bond donors (Lipinski definition) is 1. The van der Waals surface area contributed by atoms with Crippen LogP contribution in [0.1, 0.15) is 120 Å².